The van der Waals surface area contributed by atoms with Gasteiger partial charge in [-0.3, -0.25) is 0 Å². The van der Waals surface area contributed by atoms with E-state index in [4.69, 9.17) is 14.5 Å². The molecule has 5 nitrogen and oxygen atoms in total. The zero-order chi connectivity index (χ0) is 20.2. The van der Waals surface area contributed by atoms with E-state index < -0.39 is 0 Å². The molecule has 2 aromatic carbocycles. The van der Waals surface area contributed by atoms with Crippen molar-refractivity contribution < 1.29 is 9.47 Å². The molecule has 0 radical (unpaired) electrons. The number of benzene rings is 2. The second-order valence-electron chi connectivity index (χ2n) is 7.26. The number of nitrogens with zero attached hydrogens (tertiary/aromatic N) is 3. The Morgan fingerprint density at radius 1 is 0.724 bits per heavy atom. The van der Waals surface area contributed by atoms with Crippen molar-refractivity contribution >= 4 is 11.4 Å². The van der Waals surface area contributed by atoms with Gasteiger partial charge in [0.15, 0.2) is 0 Å². The average Bonchev–Trinajstić information content (AvgIpc) is 2.79. The standard InChI is InChI=1S/C24H27N3O2/c1-18-4-6-19(7-5-18)24-22(12-13-23(25-24)29-3)27-16-14-26(15-17-27)20-8-10-21(28-2)11-9-20/h4-13H,14-17H2,1-3H3. The molecule has 1 aromatic heterocycles. The van der Waals surface area contributed by atoms with E-state index in [1.165, 1.54) is 11.3 Å². The smallest absolute Gasteiger partial charge is 0.213 e. The lowest BCUT2D eigenvalue weighted by molar-refractivity contribution is 0.398. The van der Waals surface area contributed by atoms with Crippen LogP contribution in [0.15, 0.2) is 60.7 Å². The highest BCUT2D eigenvalue weighted by molar-refractivity contribution is 5.76. The number of ether oxygens (including phenoxy) is 2. The molecule has 1 aliphatic heterocycles. The van der Waals surface area contributed by atoms with Crippen molar-refractivity contribution in [2.75, 3.05) is 50.2 Å². The predicted octanol–water partition coefficient (Wildman–Crippen LogP) is 4.40. The summed E-state index contributed by atoms with van der Waals surface area (Å²) in [5, 5.41) is 0. The summed E-state index contributed by atoms with van der Waals surface area (Å²) in [4.78, 5) is 9.60. The number of pyridine rings is 1. The molecule has 0 atom stereocenters. The summed E-state index contributed by atoms with van der Waals surface area (Å²) in [6.45, 7) is 5.91. The molecular formula is C24H27N3O2. The topological polar surface area (TPSA) is 37.8 Å². The van der Waals surface area contributed by atoms with E-state index in [9.17, 15) is 0 Å². The van der Waals surface area contributed by atoms with Crippen LogP contribution in [0.1, 0.15) is 5.56 Å². The molecule has 1 saturated heterocycles. The Bertz CT molecular complexity index is 947. The second-order valence-corrected chi connectivity index (χ2v) is 7.26. The quantitative estimate of drug-likeness (QED) is 0.647. The summed E-state index contributed by atoms with van der Waals surface area (Å²) in [7, 11) is 3.36. The average molecular weight is 389 g/mol. The number of aryl methyl sites for hydroxylation is 1. The lowest BCUT2D eigenvalue weighted by atomic mass is 10.1. The van der Waals surface area contributed by atoms with E-state index in [1.807, 2.05) is 18.2 Å². The van der Waals surface area contributed by atoms with Gasteiger partial charge < -0.3 is 19.3 Å². The van der Waals surface area contributed by atoms with Gasteiger partial charge in [0.2, 0.25) is 5.88 Å². The van der Waals surface area contributed by atoms with Gasteiger partial charge in [0, 0.05) is 43.5 Å². The minimum absolute atomic E-state index is 0.640. The third kappa shape index (κ3) is 4.14. The number of anilines is 2. The van der Waals surface area contributed by atoms with Crippen molar-refractivity contribution in [3.63, 3.8) is 0 Å². The van der Waals surface area contributed by atoms with Gasteiger partial charge in [-0.15, -0.1) is 0 Å². The summed E-state index contributed by atoms with van der Waals surface area (Å²) < 4.78 is 10.7. The van der Waals surface area contributed by atoms with E-state index in [0.717, 1.165) is 48.9 Å². The highest BCUT2D eigenvalue weighted by Gasteiger charge is 2.21. The fraction of sp³-hybridized carbons (Fsp3) is 0.292. The summed E-state index contributed by atoms with van der Waals surface area (Å²) in [5.41, 5.74) is 5.72. The van der Waals surface area contributed by atoms with Crippen molar-refractivity contribution in [1.82, 2.24) is 4.98 Å². The Kier molecular flexibility index (Phi) is 5.56. The largest absolute Gasteiger partial charge is 0.497 e. The van der Waals surface area contributed by atoms with E-state index in [1.54, 1.807) is 14.2 Å². The molecule has 1 fully saturated rings. The van der Waals surface area contributed by atoms with E-state index in [2.05, 4.69) is 59.2 Å². The van der Waals surface area contributed by atoms with Crippen molar-refractivity contribution in [2.24, 2.45) is 0 Å². The van der Waals surface area contributed by atoms with Crippen molar-refractivity contribution in [3.8, 4) is 22.9 Å². The Morgan fingerprint density at radius 3 is 2.00 bits per heavy atom. The number of aromatic nitrogens is 1. The van der Waals surface area contributed by atoms with Gasteiger partial charge in [-0.25, -0.2) is 4.98 Å². The van der Waals surface area contributed by atoms with Crippen LogP contribution in [0, 0.1) is 6.92 Å². The summed E-state index contributed by atoms with van der Waals surface area (Å²) in [6.07, 6.45) is 0. The summed E-state index contributed by atoms with van der Waals surface area (Å²) >= 11 is 0. The fourth-order valence-corrected chi connectivity index (χ4v) is 3.73. The van der Waals surface area contributed by atoms with E-state index in [-0.39, 0.29) is 0 Å². The predicted molar refractivity (Wildman–Crippen MR) is 118 cm³/mol. The van der Waals surface area contributed by atoms with Crippen LogP contribution < -0.4 is 19.3 Å². The van der Waals surface area contributed by atoms with Gasteiger partial charge in [-0.2, -0.15) is 0 Å². The minimum atomic E-state index is 0.640. The molecule has 29 heavy (non-hydrogen) atoms. The van der Waals surface area contributed by atoms with Gasteiger partial charge in [0.05, 0.1) is 25.6 Å². The third-order valence-corrected chi connectivity index (χ3v) is 5.44. The van der Waals surface area contributed by atoms with Crippen LogP contribution >= 0.6 is 0 Å². The second kappa shape index (κ2) is 8.43. The molecule has 0 bridgehead atoms. The molecule has 150 valence electrons. The van der Waals surface area contributed by atoms with Crippen molar-refractivity contribution in [1.29, 1.82) is 0 Å². The maximum atomic E-state index is 5.39. The van der Waals surface area contributed by atoms with Crippen LogP contribution in [0.4, 0.5) is 11.4 Å². The van der Waals surface area contributed by atoms with Crippen LogP contribution in [-0.2, 0) is 0 Å². The lowest BCUT2D eigenvalue weighted by Gasteiger charge is -2.38. The molecule has 5 heteroatoms. The number of hydrogen-bond donors (Lipinski definition) is 0. The van der Waals surface area contributed by atoms with Gasteiger partial charge in [0.1, 0.15) is 5.75 Å². The first-order valence-electron chi connectivity index (χ1n) is 9.94. The van der Waals surface area contributed by atoms with Gasteiger partial charge in [-0.1, -0.05) is 29.8 Å². The van der Waals surface area contributed by atoms with E-state index >= 15 is 0 Å². The maximum absolute atomic E-state index is 5.39. The zero-order valence-corrected chi connectivity index (χ0v) is 17.3. The third-order valence-electron chi connectivity index (χ3n) is 5.44. The number of methoxy groups -OCH3 is 2. The van der Waals surface area contributed by atoms with Crippen molar-refractivity contribution in [3.05, 3.63) is 66.2 Å². The van der Waals surface area contributed by atoms with Gasteiger partial charge in [0.25, 0.3) is 0 Å². The van der Waals surface area contributed by atoms with Gasteiger partial charge >= 0.3 is 0 Å². The minimum Gasteiger partial charge on any atom is -0.497 e. The first kappa shape index (κ1) is 19.1. The molecule has 4 rings (SSSR count). The van der Waals surface area contributed by atoms with Crippen LogP contribution in [0.3, 0.4) is 0 Å². The number of hydrogen-bond acceptors (Lipinski definition) is 5. The Morgan fingerprint density at radius 2 is 1.38 bits per heavy atom. The SMILES string of the molecule is COc1ccc(N2CCN(c3ccc(OC)nc3-c3ccc(C)cc3)CC2)cc1. The molecule has 0 saturated carbocycles. The Balaban J connectivity index is 1.55. The molecule has 0 aliphatic carbocycles. The van der Waals surface area contributed by atoms with E-state index in [0.29, 0.717) is 5.88 Å². The van der Waals surface area contributed by atoms with Crippen LogP contribution in [0.2, 0.25) is 0 Å². The lowest BCUT2D eigenvalue weighted by Crippen LogP contribution is -2.46. The molecule has 1 aliphatic rings. The van der Waals surface area contributed by atoms with Gasteiger partial charge in [-0.05, 0) is 37.3 Å². The first-order valence-corrected chi connectivity index (χ1v) is 9.94. The molecule has 0 amide bonds. The molecule has 3 aromatic rings. The Hall–Kier alpha value is -3.21. The molecule has 0 unspecified atom stereocenters. The first-order chi connectivity index (χ1) is 14.2. The highest BCUT2D eigenvalue weighted by Crippen LogP contribution is 2.32. The normalized spacial score (nSPS) is 14.0. The van der Waals surface area contributed by atoms with Crippen LogP contribution in [0.5, 0.6) is 11.6 Å². The number of piperazine rings is 1. The maximum Gasteiger partial charge on any atom is 0.213 e. The fourth-order valence-electron chi connectivity index (χ4n) is 3.73. The summed E-state index contributed by atoms with van der Waals surface area (Å²) in [5.74, 6) is 1.53. The van der Waals surface area contributed by atoms with Crippen molar-refractivity contribution in [2.45, 2.75) is 6.92 Å². The number of rotatable bonds is 5. The zero-order valence-electron chi connectivity index (χ0n) is 17.3. The highest BCUT2D eigenvalue weighted by atomic mass is 16.5. The van der Waals surface area contributed by atoms with Crippen LogP contribution in [0.25, 0.3) is 11.3 Å². The molecular weight excluding hydrogens is 362 g/mol. The monoisotopic (exact) mass is 389 g/mol. The molecule has 0 spiro atoms. The summed E-state index contributed by atoms with van der Waals surface area (Å²) in [6, 6.07) is 20.9. The Labute approximate surface area is 172 Å². The molecule has 2 heterocycles. The molecule has 0 N–H and O–H groups in total. The van der Waals surface area contributed by atoms with Crippen LogP contribution in [-0.4, -0.2) is 45.4 Å².